The van der Waals surface area contributed by atoms with Gasteiger partial charge in [-0.2, -0.15) is 4.98 Å². The number of carbonyl (C=O) groups excluding carboxylic acids is 1. The van der Waals surface area contributed by atoms with Gasteiger partial charge < -0.3 is 14.3 Å². The third-order valence-electron chi connectivity index (χ3n) is 6.13. The van der Waals surface area contributed by atoms with Crippen molar-refractivity contribution in [3.63, 3.8) is 0 Å². The molecule has 3 N–H and O–H groups in total. The molecular formula is C20H33N5O5Si. The number of amides is 1. The SMILES string of the molecule is CC(C)C(=O)Nc1nc2c(ncn2[C@H]2CC(O)[C@@H](CO[Si](C)(C)C(C)(C)C)O2)c(=O)[nH]1. The van der Waals surface area contributed by atoms with Crippen molar-refractivity contribution in [1.29, 1.82) is 0 Å². The second kappa shape index (κ2) is 8.45. The Morgan fingerprint density at radius 3 is 2.74 bits per heavy atom. The summed E-state index contributed by atoms with van der Waals surface area (Å²) in [6.07, 6.45) is 0.0400. The monoisotopic (exact) mass is 451 g/mol. The molecule has 1 fully saturated rings. The van der Waals surface area contributed by atoms with Crippen LogP contribution in [-0.4, -0.2) is 57.7 Å². The molecule has 11 heteroatoms. The highest BCUT2D eigenvalue weighted by molar-refractivity contribution is 6.74. The molecule has 3 atom stereocenters. The predicted molar refractivity (Wildman–Crippen MR) is 119 cm³/mol. The van der Waals surface area contributed by atoms with E-state index in [4.69, 9.17) is 9.16 Å². The molecule has 0 aromatic carbocycles. The van der Waals surface area contributed by atoms with Crippen molar-refractivity contribution in [1.82, 2.24) is 19.5 Å². The Hall–Kier alpha value is -2.08. The van der Waals surface area contributed by atoms with E-state index in [-0.39, 0.29) is 34.0 Å². The molecule has 1 saturated heterocycles. The highest BCUT2D eigenvalue weighted by Gasteiger charge is 2.41. The molecule has 0 aliphatic carbocycles. The van der Waals surface area contributed by atoms with E-state index in [1.807, 2.05) is 0 Å². The fourth-order valence-electron chi connectivity index (χ4n) is 3.00. The first-order valence-corrected chi connectivity index (χ1v) is 13.5. The van der Waals surface area contributed by atoms with Crippen LogP contribution < -0.4 is 10.9 Å². The molecule has 1 unspecified atom stereocenters. The molecule has 0 bridgehead atoms. The number of carbonyl (C=O) groups is 1. The van der Waals surface area contributed by atoms with E-state index in [0.29, 0.717) is 13.0 Å². The van der Waals surface area contributed by atoms with E-state index in [0.717, 1.165) is 0 Å². The molecule has 3 heterocycles. The number of aromatic amines is 1. The molecule has 2 aromatic heterocycles. The van der Waals surface area contributed by atoms with Crippen LogP contribution in [0, 0.1) is 5.92 Å². The molecule has 0 saturated carbocycles. The van der Waals surface area contributed by atoms with Crippen molar-refractivity contribution in [2.24, 2.45) is 5.92 Å². The summed E-state index contributed by atoms with van der Waals surface area (Å²) in [4.78, 5) is 35.4. The van der Waals surface area contributed by atoms with E-state index in [1.165, 1.54) is 6.33 Å². The van der Waals surface area contributed by atoms with Gasteiger partial charge in [0.25, 0.3) is 5.56 Å². The van der Waals surface area contributed by atoms with Crippen LogP contribution in [0.5, 0.6) is 0 Å². The summed E-state index contributed by atoms with van der Waals surface area (Å²) in [5.74, 6) is -0.473. The van der Waals surface area contributed by atoms with Gasteiger partial charge in [-0.25, -0.2) is 4.98 Å². The predicted octanol–water partition coefficient (Wildman–Crippen LogP) is 2.38. The van der Waals surface area contributed by atoms with Crippen LogP contribution in [-0.2, 0) is 14.0 Å². The number of imidazole rings is 1. The number of H-pyrrole nitrogens is 1. The van der Waals surface area contributed by atoms with Crippen LogP contribution in [0.15, 0.2) is 11.1 Å². The summed E-state index contributed by atoms with van der Waals surface area (Å²) < 4.78 is 13.9. The maximum atomic E-state index is 12.4. The van der Waals surface area contributed by atoms with Gasteiger partial charge in [-0.15, -0.1) is 0 Å². The van der Waals surface area contributed by atoms with Crippen LogP contribution in [0.2, 0.25) is 18.1 Å². The van der Waals surface area contributed by atoms with Crippen molar-refractivity contribution in [2.45, 2.75) is 77.6 Å². The summed E-state index contributed by atoms with van der Waals surface area (Å²) in [6.45, 7) is 14.6. The maximum absolute atomic E-state index is 12.4. The molecule has 0 spiro atoms. The number of rotatable bonds is 6. The standard InChI is InChI=1S/C20H33N5O5Si/c1-11(2)17(27)23-19-22-16-15(18(28)24-19)21-10-25(16)14-8-12(26)13(30-14)9-29-31(6,7)20(3,4)5/h10-14,26H,8-9H2,1-7H3,(H2,22,23,24,27,28)/t12?,13-,14-/m1/s1. The number of nitrogens with zero attached hydrogens (tertiary/aromatic N) is 3. The molecule has 172 valence electrons. The Morgan fingerprint density at radius 2 is 2.13 bits per heavy atom. The van der Waals surface area contributed by atoms with E-state index < -0.39 is 32.3 Å². The normalized spacial score (nSPS) is 22.4. The second-order valence-corrected chi connectivity index (χ2v) is 14.7. The number of hydrogen-bond donors (Lipinski definition) is 3. The van der Waals surface area contributed by atoms with Gasteiger partial charge in [0, 0.05) is 12.3 Å². The van der Waals surface area contributed by atoms with Gasteiger partial charge >= 0.3 is 0 Å². The maximum Gasteiger partial charge on any atom is 0.280 e. The lowest BCUT2D eigenvalue weighted by atomic mass is 10.2. The van der Waals surface area contributed by atoms with Crippen LogP contribution in [0.1, 0.15) is 47.3 Å². The fraction of sp³-hybridized carbons (Fsp3) is 0.700. The zero-order chi connectivity index (χ0) is 23.1. The number of aliphatic hydroxyl groups excluding tert-OH is 1. The molecule has 31 heavy (non-hydrogen) atoms. The van der Waals surface area contributed by atoms with E-state index >= 15 is 0 Å². The molecule has 1 amide bonds. The smallest absolute Gasteiger partial charge is 0.280 e. The number of nitrogens with one attached hydrogen (secondary N) is 2. The van der Waals surface area contributed by atoms with Gasteiger partial charge in [-0.1, -0.05) is 34.6 Å². The first-order valence-electron chi connectivity index (χ1n) is 10.6. The third-order valence-corrected chi connectivity index (χ3v) is 10.6. The van der Waals surface area contributed by atoms with Crippen molar-refractivity contribution < 1.29 is 19.1 Å². The molecule has 1 aliphatic heterocycles. The molecular weight excluding hydrogens is 418 g/mol. The Bertz CT molecular complexity index is 1010. The van der Waals surface area contributed by atoms with Gasteiger partial charge in [0.1, 0.15) is 12.3 Å². The number of fused-ring (bicyclic) bond motifs is 1. The van der Waals surface area contributed by atoms with Gasteiger partial charge in [-0.3, -0.25) is 24.5 Å². The minimum Gasteiger partial charge on any atom is -0.414 e. The van der Waals surface area contributed by atoms with Crippen molar-refractivity contribution in [2.75, 3.05) is 11.9 Å². The average molecular weight is 452 g/mol. The van der Waals surface area contributed by atoms with Crippen molar-refractivity contribution in [3.8, 4) is 0 Å². The van der Waals surface area contributed by atoms with Gasteiger partial charge in [-0.05, 0) is 18.1 Å². The molecule has 10 nitrogen and oxygen atoms in total. The van der Waals surface area contributed by atoms with Crippen LogP contribution in [0.4, 0.5) is 5.95 Å². The largest absolute Gasteiger partial charge is 0.414 e. The van der Waals surface area contributed by atoms with Gasteiger partial charge in [0.05, 0.1) is 19.0 Å². The topological polar surface area (TPSA) is 131 Å². The summed E-state index contributed by atoms with van der Waals surface area (Å²) >= 11 is 0. The Balaban J connectivity index is 1.80. The number of hydrogen-bond acceptors (Lipinski definition) is 7. The second-order valence-electron chi connectivity index (χ2n) is 9.89. The average Bonchev–Trinajstić information content (AvgIpc) is 3.22. The molecule has 1 aliphatic rings. The number of aromatic nitrogens is 4. The summed E-state index contributed by atoms with van der Waals surface area (Å²) in [5.41, 5.74) is -0.0354. The minimum atomic E-state index is -1.98. The summed E-state index contributed by atoms with van der Waals surface area (Å²) in [7, 11) is -1.98. The van der Waals surface area contributed by atoms with E-state index in [1.54, 1.807) is 18.4 Å². The van der Waals surface area contributed by atoms with Gasteiger partial charge in [0.2, 0.25) is 11.9 Å². The minimum absolute atomic E-state index is 0.0503. The number of ether oxygens (including phenoxy) is 1. The molecule has 0 radical (unpaired) electrons. The Kier molecular flexibility index (Phi) is 6.43. The van der Waals surface area contributed by atoms with Gasteiger partial charge in [0.15, 0.2) is 19.5 Å². The van der Waals surface area contributed by atoms with Crippen LogP contribution in [0.25, 0.3) is 11.2 Å². The third kappa shape index (κ3) is 4.89. The van der Waals surface area contributed by atoms with Crippen molar-refractivity contribution >= 4 is 31.3 Å². The summed E-state index contributed by atoms with van der Waals surface area (Å²) in [5, 5.41) is 13.2. The highest BCUT2D eigenvalue weighted by atomic mass is 28.4. The molecule has 3 rings (SSSR count). The first-order chi connectivity index (χ1) is 14.3. The first kappa shape index (κ1) is 23.6. The van der Waals surface area contributed by atoms with E-state index in [9.17, 15) is 14.7 Å². The number of aliphatic hydroxyl groups is 1. The zero-order valence-electron chi connectivity index (χ0n) is 19.2. The zero-order valence-corrected chi connectivity index (χ0v) is 20.2. The van der Waals surface area contributed by atoms with E-state index in [2.05, 4.69) is 54.1 Å². The molecule has 2 aromatic rings. The van der Waals surface area contributed by atoms with Crippen LogP contribution >= 0.6 is 0 Å². The highest BCUT2D eigenvalue weighted by Crippen LogP contribution is 2.38. The Morgan fingerprint density at radius 1 is 1.45 bits per heavy atom. The lowest BCUT2D eigenvalue weighted by molar-refractivity contribution is -0.118. The summed E-state index contributed by atoms with van der Waals surface area (Å²) in [6, 6.07) is 0. The quantitative estimate of drug-likeness (QED) is 0.575. The Labute approximate surface area is 182 Å². The lowest BCUT2D eigenvalue weighted by Crippen LogP contribution is -2.43. The van der Waals surface area contributed by atoms with Crippen molar-refractivity contribution in [3.05, 3.63) is 16.7 Å². The fourth-order valence-corrected chi connectivity index (χ4v) is 4.01. The number of anilines is 1. The lowest BCUT2D eigenvalue weighted by Gasteiger charge is -2.37. The van der Waals surface area contributed by atoms with Crippen LogP contribution in [0.3, 0.4) is 0 Å².